The summed E-state index contributed by atoms with van der Waals surface area (Å²) in [7, 11) is 0. The molecule has 1 aliphatic heterocycles. The Balaban J connectivity index is 2.07. The Kier molecular flexibility index (Phi) is 2.84. The first kappa shape index (κ1) is 9.68. The third-order valence-corrected chi connectivity index (χ3v) is 2.54. The van der Waals surface area contributed by atoms with Gasteiger partial charge in [-0.25, -0.2) is 4.98 Å². The number of hydrogen-bond donors (Lipinski definition) is 1. The molecule has 0 aliphatic carbocycles. The lowest BCUT2D eigenvalue weighted by Crippen LogP contribution is -2.14. The van der Waals surface area contributed by atoms with Crippen LogP contribution in [0.5, 0.6) is 0 Å². The Morgan fingerprint density at radius 2 is 2.21 bits per heavy atom. The second-order valence-electron chi connectivity index (χ2n) is 3.67. The standard InChI is InChI=1S/C10H15NO3/c1-7(12)9-6-14-10(11-9)8-2-4-13-5-3-8/h6-8,12H,2-5H2,1H3. The Bertz CT molecular complexity index is 289. The number of oxazole rings is 1. The zero-order valence-corrected chi connectivity index (χ0v) is 8.27. The van der Waals surface area contributed by atoms with E-state index in [1.807, 2.05) is 0 Å². The minimum absolute atomic E-state index is 0.358. The number of rotatable bonds is 2. The van der Waals surface area contributed by atoms with Crippen molar-refractivity contribution in [3.8, 4) is 0 Å². The molecule has 2 rings (SSSR count). The highest BCUT2D eigenvalue weighted by Gasteiger charge is 2.21. The summed E-state index contributed by atoms with van der Waals surface area (Å²) in [5.41, 5.74) is 0.617. The SMILES string of the molecule is CC(O)c1coc(C2CCOCC2)n1. The van der Waals surface area contributed by atoms with Gasteiger partial charge in [0.1, 0.15) is 12.0 Å². The van der Waals surface area contributed by atoms with Crippen molar-refractivity contribution in [3.63, 3.8) is 0 Å². The van der Waals surface area contributed by atoms with Gasteiger partial charge in [-0.05, 0) is 19.8 Å². The zero-order valence-electron chi connectivity index (χ0n) is 8.27. The molecule has 0 aromatic carbocycles. The van der Waals surface area contributed by atoms with Crippen molar-refractivity contribution in [2.45, 2.75) is 31.8 Å². The molecule has 0 saturated carbocycles. The summed E-state index contributed by atoms with van der Waals surface area (Å²) in [4.78, 5) is 4.26. The number of aliphatic hydroxyl groups is 1. The highest BCUT2D eigenvalue weighted by atomic mass is 16.5. The Morgan fingerprint density at radius 3 is 2.79 bits per heavy atom. The van der Waals surface area contributed by atoms with Gasteiger partial charge in [0, 0.05) is 19.1 Å². The predicted octanol–water partition coefficient (Wildman–Crippen LogP) is 1.62. The summed E-state index contributed by atoms with van der Waals surface area (Å²) in [6.45, 7) is 3.24. The molecule has 0 bridgehead atoms. The third-order valence-electron chi connectivity index (χ3n) is 2.54. The lowest BCUT2D eigenvalue weighted by atomic mass is 10.0. The van der Waals surface area contributed by atoms with Gasteiger partial charge in [0.15, 0.2) is 5.89 Å². The highest BCUT2D eigenvalue weighted by molar-refractivity contribution is 5.03. The summed E-state index contributed by atoms with van der Waals surface area (Å²) in [6.07, 6.45) is 2.90. The van der Waals surface area contributed by atoms with E-state index in [2.05, 4.69) is 4.98 Å². The molecule has 4 nitrogen and oxygen atoms in total. The lowest BCUT2D eigenvalue weighted by Gasteiger charge is -2.18. The van der Waals surface area contributed by atoms with E-state index >= 15 is 0 Å². The zero-order chi connectivity index (χ0) is 9.97. The molecule has 1 saturated heterocycles. The van der Waals surface area contributed by atoms with Crippen LogP contribution in [0, 0.1) is 0 Å². The third kappa shape index (κ3) is 1.96. The summed E-state index contributed by atoms with van der Waals surface area (Å²) >= 11 is 0. The normalized spacial score (nSPS) is 21.0. The highest BCUT2D eigenvalue weighted by Crippen LogP contribution is 2.27. The lowest BCUT2D eigenvalue weighted by molar-refractivity contribution is 0.0794. The summed E-state index contributed by atoms with van der Waals surface area (Å²) in [5.74, 6) is 1.10. The van der Waals surface area contributed by atoms with Crippen LogP contribution in [0.15, 0.2) is 10.7 Å². The number of aromatic nitrogens is 1. The second kappa shape index (κ2) is 4.11. The molecular weight excluding hydrogens is 182 g/mol. The van der Waals surface area contributed by atoms with Crippen LogP contribution in [0.4, 0.5) is 0 Å². The maximum absolute atomic E-state index is 9.29. The second-order valence-corrected chi connectivity index (χ2v) is 3.67. The van der Waals surface area contributed by atoms with Gasteiger partial charge >= 0.3 is 0 Å². The Labute approximate surface area is 82.9 Å². The van der Waals surface area contributed by atoms with Crippen LogP contribution in [-0.2, 0) is 4.74 Å². The van der Waals surface area contributed by atoms with E-state index in [1.165, 1.54) is 6.26 Å². The maximum atomic E-state index is 9.29. The van der Waals surface area contributed by atoms with Crippen LogP contribution in [0.25, 0.3) is 0 Å². The van der Waals surface area contributed by atoms with Gasteiger partial charge in [0.2, 0.25) is 0 Å². The fraction of sp³-hybridized carbons (Fsp3) is 0.700. The van der Waals surface area contributed by atoms with Crippen molar-refractivity contribution in [2.24, 2.45) is 0 Å². The van der Waals surface area contributed by atoms with Gasteiger partial charge in [-0.15, -0.1) is 0 Å². The molecule has 78 valence electrons. The molecule has 1 unspecified atom stereocenters. The van der Waals surface area contributed by atoms with Crippen LogP contribution in [0.2, 0.25) is 0 Å². The molecule has 1 aromatic heterocycles. The van der Waals surface area contributed by atoms with Crippen LogP contribution in [-0.4, -0.2) is 23.3 Å². The van der Waals surface area contributed by atoms with E-state index in [4.69, 9.17) is 9.15 Å². The van der Waals surface area contributed by atoms with Gasteiger partial charge in [-0.3, -0.25) is 0 Å². The molecule has 1 atom stereocenters. The monoisotopic (exact) mass is 197 g/mol. The fourth-order valence-corrected chi connectivity index (χ4v) is 1.62. The van der Waals surface area contributed by atoms with Crippen molar-refractivity contribution in [3.05, 3.63) is 17.8 Å². The molecule has 2 heterocycles. The summed E-state index contributed by atoms with van der Waals surface area (Å²) in [6, 6.07) is 0. The number of aliphatic hydroxyl groups excluding tert-OH is 1. The van der Waals surface area contributed by atoms with E-state index in [-0.39, 0.29) is 0 Å². The molecule has 1 fully saturated rings. The first-order valence-electron chi connectivity index (χ1n) is 4.98. The molecule has 0 amide bonds. The molecule has 1 N–H and O–H groups in total. The number of hydrogen-bond acceptors (Lipinski definition) is 4. The minimum Gasteiger partial charge on any atom is -0.448 e. The summed E-state index contributed by atoms with van der Waals surface area (Å²) in [5, 5.41) is 9.29. The van der Waals surface area contributed by atoms with Crippen LogP contribution >= 0.6 is 0 Å². The number of nitrogens with zero attached hydrogens (tertiary/aromatic N) is 1. The molecule has 0 radical (unpaired) electrons. The van der Waals surface area contributed by atoms with Gasteiger partial charge < -0.3 is 14.3 Å². The van der Waals surface area contributed by atoms with Gasteiger partial charge in [0.05, 0.1) is 6.10 Å². The van der Waals surface area contributed by atoms with Crippen molar-refractivity contribution >= 4 is 0 Å². The van der Waals surface area contributed by atoms with E-state index in [0.29, 0.717) is 11.6 Å². The fourth-order valence-electron chi connectivity index (χ4n) is 1.62. The first-order valence-corrected chi connectivity index (χ1v) is 4.98. The van der Waals surface area contributed by atoms with E-state index < -0.39 is 6.10 Å². The largest absolute Gasteiger partial charge is 0.448 e. The maximum Gasteiger partial charge on any atom is 0.197 e. The Hall–Kier alpha value is -0.870. The van der Waals surface area contributed by atoms with Crippen LogP contribution in [0.3, 0.4) is 0 Å². The smallest absolute Gasteiger partial charge is 0.197 e. The van der Waals surface area contributed by atoms with E-state index in [0.717, 1.165) is 31.9 Å². The van der Waals surface area contributed by atoms with Crippen molar-refractivity contribution < 1.29 is 14.3 Å². The van der Waals surface area contributed by atoms with Gasteiger partial charge in [0.25, 0.3) is 0 Å². The van der Waals surface area contributed by atoms with E-state index in [9.17, 15) is 5.11 Å². The first-order chi connectivity index (χ1) is 6.77. The molecule has 4 heteroatoms. The van der Waals surface area contributed by atoms with E-state index in [1.54, 1.807) is 6.92 Å². The summed E-state index contributed by atoms with van der Waals surface area (Å²) < 4.78 is 10.6. The average molecular weight is 197 g/mol. The van der Waals surface area contributed by atoms with Gasteiger partial charge in [-0.2, -0.15) is 0 Å². The average Bonchev–Trinajstić information content (AvgIpc) is 2.68. The van der Waals surface area contributed by atoms with Crippen LogP contribution in [0.1, 0.15) is 43.4 Å². The van der Waals surface area contributed by atoms with Crippen LogP contribution < -0.4 is 0 Å². The van der Waals surface area contributed by atoms with Crippen molar-refractivity contribution in [1.82, 2.24) is 4.98 Å². The number of ether oxygens (including phenoxy) is 1. The molecule has 1 aromatic rings. The molecule has 1 aliphatic rings. The quantitative estimate of drug-likeness (QED) is 0.782. The van der Waals surface area contributed by atoms with Gasteiger partial charge in [-0.1, -0.05) is 0 Å². The van der Waals surface area contributed by atoms with Crippen molar-refractivity contribution in [1.29, 1.82) is 0 Å². The molecule has 0 spiro atoms. The van der Waals surface area contributed by atoms with Crippen molar-refractivity contribution in [2.75, 3.05) is 13.2 Å². The predicted molar refractivity (Wildman–Crippen MR) is 49.9 cm³/mol. The minimum atomic E-state index is -0.549. The molecule has 14 heavy (non-hydrogen) atoms. The molecular formula is C10H15NO3. The topological polar surface area (TPSA) is 55.5 Å². The Morgan fingerprint density at radius 1 is 1.50 bits per heavy atom.